The summed E-state index contributed by atoms with van der Waals surface area (Å²) in [5.74, 6) is -0.676. The molecule has 1 N–H and O–H groups in total. The summed E-state index contributed by atoms with van der Waals surface area (Å²) >= 11 is 1.42. The van der Waals surface area contributed by atoms with Crippen molar-refractivity contribution in [2.75, 3.05) is 17.1 Å². The number of thiophene rings is 1. The average molecular weight is 382 g/mol. The molecule has 0 saturated carbocycles. The molecule has 0 atom stereocenters. The number of hydrazone groups is 1. The van der Waals surface area contributed by atoms with Crippen LogP contribution in [0.5, 0.6) is 0 Å². The lowest BCUT2D eigenvalue weighted by atomic mass is 10.3. The number of anilines is 1. The molecule has 0 saturated heterocycles. The second-order valence-electron chi connectivity index (χ2n) is 4.86. The first-order valence-electron chi connectivity index (χ1n) is 6.85. The van der Waals surface area contributed by atoms with Crippen LogP contribution in [0.2, 0.25) is 0 Å². The molecule has 25 heavy (non-hydrogen) atoms. The van der Waals surface area contributed by atoms with E-state index in [1.165, 1.54) is 35.8 Å². The zero-order chi connectivity index (χ0) is 18.4. The molecule has 0 aliphatic carbocycles. The predicted octanol–water partition coefficient (Wildman–Crippen LogP) is 1.57. The highest BCUT2D eigenvalue weighted by Crippen LogP contribution is 2.22. The maximum atomic E-state index is 12.0. The number of carbonyl (C=O) groups is 1. The van der Waals surface area contributed by atoms with E-state index in [1.54, 1.807) is 6.07 Å². The molecule has 0 aliphatic rings. The maximum absolute atomic E-state index is 12.0. The molecular formula is C14H14N4O5S2. The molecule has 0 radical (unpaired) electrons. The Labute approximate surface area is 147 Å². The van der Waals surface area contributed by atoms with E-state index in [1.807, 2.05) is 11.4 Å². The van der Waals surface area contributed by atoms with Crippen LogP contribution in [-0.2, 0) is 14.8 Å². The van der Waals surface area contributed by atoms with Gasteiger partial charge in [0.1, 0.15) is 6.54 Å². The van der Waals surface area contributed by atoms with Gasteiger partial charge in [0.05, 0.1) is 23.1 Å². The first-order chi connectivity index (χ1) is 11.8. The molecule has 2 rings (SSSR count). The van der Waals surface area contributed by atoms with Gasteiger partial charge in [-0.15, -0.1) is 11.3 Å². The maximum Gasteiger partial charge on any atom is 0.271 e. The molecule has 2 aromatic rings. The minimum Gasteiger partial charge on any atom is -0.271 e. The van der Waals surface area contributed by atoms with Gasteiger partial charge in [-0.05, 0) is 17.5 Å². The van der Waals surface area contributed by atoms with Crippen LogP contribution in [-0.4, -0.2) is 38.3 Å². The van der Waals surface area contributed by atoms with Crippen LogP contribution >= 0.6 is 11.3 Å². The summed E-state index contributed by atoms with van der Waals surface area (Å²) in [4.78, 5) is 23.0. The third kappa shape index (κ3) is 5.36. The Balaban J connectivity index is 2.14. The van der Waals surface area contributed by atoms with Crippen LogP contribution in [0.3, 0.4) is 0 Å². The highest BCUT2D eigenvalue weighted by Gasteiger charge is 2.22. The van der Waals surface area contributed by atoms with Gasteiger partial charge >= 0.3 is 0 Å². The van der Waals surface area contributed by atoms with Crippen molar-refractivity contribution in [1.29, 1.82) is 0 Å². The molecule has 9 nitrogen and oxygen atoms in total. The van der Waals surface area contributed by atoms with Crippen molar-refractivity contribution in [3.63, 3.8) is 0 Å². The van der Waals surface area contributed by atoms with E-state index >= 15 is 0 Å². The number of nitrogens with one attached hydrogen (secondary N) is 1. The number of benzene rings is 1. The van der Waals surface area contributed by atoms with Crippen molar-refractivity contribution in [1.82, 2.24) is 5.43 Å². The first kappa shape index (κ1) is 18.5. The van der Waals surface area contributed by atoms with E-state index in [9.17, 15) is 23.3 Å². The van der Waals surface area contributed by atoms with E-state index in [0.717, 1.165) is 21.5 Å². The SMILES string of the molecule is CS(=O)(=O)N(CC(=O)NN=Cc1cccs1)c1cccc([N+](=O)[O-])c1. The van der Waals surface area contributed by atoms with Crippen molar-refractivity contribution in [3.8, 4) is 0 Å². The topological polar surface area (TPSA) is 122 Å². The zero-order valence-electron chi connectivity index (χ0n) is 13.0. The van der Waals surface area contributed by atoms with Gasteiger partial charge in [-0.1, -0.05) is 12.1 Å². The van der Waals surface area contributed by atoms with E-state index in [0.29, 0.717) is 0 Å². The second-order valence-corrected chi connectivity index (χ2v) is 7.74. The van der Waals surface area contributed by atoms with Gasteiger partial charge in [-0.25, -0.2) is 13.8 Å². The number of amides is 1. The van der Waals surface area contributed by atoms with Crippen molar-refractivity contribution >= 4 is 44.9 Å². The number of nitrogens with zero attached hydrogens (tertiary/aromatic N) is 3. The third-order valence-electron chi connectivity index (χ3n) is 2.94. The molecule has 11 heteroatoms. The molecule has 0 spiro atoms. The summed E-state index contributed by atoms with van der Waals surface area (Å²) in [6.07, 6.45) is 2.34. The quantitative estimate of drug-likeness (QED) is 0.442. The summed E-state index contributed by atoms with van der Waals surface area (Å²) in [7, 11) is -3.82. The minimum absolute atomic E-state index is 0.0223. The predicted molar refractivity (Wildman–Crippen MR) is 95.3 cm³/mol. The van der Waals surface area contributed by atoms with Crippen molar-refractivity contribution in [2.24, 2.45) is 5.10 Å². The monoisotopic (exact) mass is 382 g/mol. The fraction of sp³-hybridized carbons (Fsp3) is 0.143. The molecule has 1 aromatic heterocycles. The van der Waals surface area contributed by atoms with E-state index < -0.39 is 27.4 Å². The number of nitro groups is 1. The van der Waals surface area contributed by atoms with Gasteiger partial charge in [-0.2, -0.15) is 5.10 Å². The van der Waals surface area contributed by atoms with Gasteiger partial charge < -0.3 is 0 Å². The smallest absolute Gasteiger partial charge is 0.271 e. The average Bonchev–Trinajstić information content (AvgIpc) is 3.05. The molecule has 1 amide bonds. The van der Waals surface area contributed by atoms with Crippen molar-refractivity contribution in [2.45, 2.75) is 0 Å². The third-order valence-corrected chi connectivity index (χ3v) is 4.89. The summed E-state index contributed by atoms with van der Waals surface area (Å²) in [5, 5.41) is 16.4. The number of hydrogen-bond donors (Lipinski definition) is 1. The van der Waals surface area contributed by atoms with Crippen LogP contribution in [0, 0.1) is 10.1 Å². The molecular weight excluding hydrogens is 368 g/mol. The lowest BCUT2D eigenvalue weighted by Crippen LogP contribution is -2.39. The summed E-state index contributed by atoms with van der Waals surface area (Å²) in [5.41, 5.74) is 1.97. The van der Waals surface area contributed by atoms with E-state index in [-0.39, 0.29) is 11.4 Å². The summed E-state index contributed by atoms with van der Waals surface area (Å²) < 4.78 is 24.7. The van der Waals surface area contributed by atoms with Crippen LogP contribution in [0.1, 0.15) is 4.88 Å². The van der Waals surface area contributed by atoms with Crippen LogP contribution in [0.25, 0.3) is 0 Å². The van der Waals surface area contributed by atoms with Crippen LogP contribution in [0.15, 0.2) is 46.9 Å². The molecule has 1 aromatic carbocycles. The lowest BCUT2D eigenvalue weighted by molar-refractivity contribution is -0.384. The van der Waals surface area contributed by atoms with Gasteiger partial charge in [-0.3, -0.25) is 19.2 Å². The zero-order valence-corrected chi connectivity index (χ0v) is 14.7. The standard InChI is InChI=1S/C14H14N4O5S2/c1-25(22,23)17(11-4-2-5-12(8-11)18(20)21)10-14(19)16-15-9-13-6-3-7-24-13/h2-9H,10H2,1H3,(H,16,19). The Morgan fingerprint density at radius 2 is 2.16 bits per heavy atom. The van der Waals surface area contributed by atoms with Crippen LogP contribution < -0.4 is 9.73 Å². The Kier molecular flexibility index (Phi) is 5.83. The number of non-ortho nitro benzene ring substituents is 1. The highest BCUT2D eigenvalue weighted by molar-refractivity contribution is 7.92. The second kappa shape index (κ2) is 7.85. The minimum atomic E-state index is -3.82. The number of nitro benzene ring substituents is 1. The van der Waals surface area contributed by atoms with Crippen molar-refractivity contribution < 1.29 is 18.1 Å². The lowest BCUT2D eigenvalue weighted by Gasteiger charge is -2.21. The van der Waals surface area contributed by atoms with Crippen molar-refractivity contribution in [3.05, 3.63) is 56.8 Å². The number of sulfonamides is 1. The summed E-state index contributed by atoms with van der Waals surface area (Å²) in [6, 6.07) is 8.65. The Morgan fingerprint density at radius 3 is 2.76 bits per heavy atom. The van der Waals surface area contributed by atoms with Gasteiger partial charge in [0, 0.05) is 17.0 Å². The Hall–Kier alpha value is -2.79. The molecule has 132 valence electrons. The normalized spacial score (nSPS) is 11.4. The molecule has 0 bridgehead atoms. The number of carbonyl (C=O) groups excluding carboxylic acids is 1. The fourth-order valence-corrected chi connectivity index (χ4v) is 3.29. The fourth-order valence-electron chi connectivity index (χ4n) is 1.86. The largest absolute Gasteiger partial charge is 0.271 e. The Bertz CT molecular complexity index is 894. The number of rotatable bonds is 7. The Morgan fingerprint density at radius 1 is 1.40 bits per heavy atom. The highest BCUT2D eigenvalue weighted by atomic mass is 32.2. The molecule has 0 aliphatic heterocycles. The summed E-state index contributed by atoms with van der Waals surface area (Å²) in [6.45, 7) is -0.554. The van der Waals surface area contributed by atoms with E-state index in [4.69, 9.17) is 0 Å². The van der Waals surface area contributed by atoms with Gasteiger partial charge in [0.25, 0.3) is 11.6 Å². The molecule has 0 fully saturated rings. The number of hydrogen-bond acceptors (Lipinski definition) is 7. The van der Waals surface area contributed by atoms with Gasteiger partial charge in [0.2, 0.25) is 10.0 Å². The van der Waals surface area contributed by atoms with E-state index in [2.05, 4.69) is 10.5 Å². The first-order valence-corrected chi connectivity index (χ1v) is 9.58. The molecule has 0 unspecified atom stereocenters. The van der Waals surface area contributed by atoms with Crippen LogP contribution in [0.4, 0.5) is 11.4 Å². The van der Waals surface area contributed by atoms with Gasteiger partial charge in [0.15, 0.2) is 0 Å². The molecule has 1 heterocycles.